The SMILES string of the molecule is C=CCn1c(-c2sc(NC(=O)c3cc(-c4cc(OC)ccc4OC)on3)nc2C)n[nH]c1=S. The Morgan fingerprint density at radius 1 is 1.36 bits per heavy atom. The number of benzene rings is 1. The molecule has 0 saturated heterocycles. The average molecular weight is 485 g/mol. The predicted octanol–water partition coefficient (Wildman–Crippen LogP) is 4.48. The van der Waals surface area contributed by atoms with Crippen LogP contribution in [0, 0.1) is 11.7 Å². The van der Waals surface area contributed by atoms with Crippen molar-refractivity contribution in [2.45, 2.75) is 13.5 Å². The van der Waals surface area contributed by atoms with E-state index in [2.05, 4.69) is 32.2 Å². The summed E-state index contributed by atoms with van der Waals surface area (Å²) in [6, 6.07) is 6.79. The van der Waals surface area contributed by atoms with Gasteiger partial charge in [-0.2, -0.15) is 5.10 Å². The third kappa shape index (κ3) is 4.43. The summed E-state index contributed by atoms with van der Waals surface area (Å²) in [7, 11) is 3.11. The zero-order valence-corrected chi connectivity index (χ0v) is 19.7. The third-order valence-corrected chi connectivity index (χ3v) is 6.09. The number of nitrogens with one attached hydrogen (secondary N) is 2. The van der Waals surface area contributed by atoms with Gasteiger partial charge in [-0.3, -0.25) is 19.8 Å². The lowest BCUT2D eigenvalue weighted by Gasteiger charge is -2.07. The number of rotatable bonds is 8. The second kappa shape index (κ2) is 9.38. The van der Waals surface area contributed by atoms with Crippen LogP contribution < -0.4 is 14.8 Å². The Balaban J connectivity index is 1.58. The van der Waals surface area contributed by atoms with Crippen molar-refractivity contribution >= 4 is 34.6 Å². The molecular weight excluding hydrogens is 464 g/mol. The minimum absolute atomic E-state index is 0.0959. The van der Waals surface area contributed by atoms with Gasteiger partial charge in [0.1, 0.15) is 11.5 Å². The molecule has 0 atom stereocenters. The van der Waals surface area contributed by atoms with Crippen LogP contribution in [0.15, 0.2) is 41.4 Å². The third-order valence-electron chi connectivity index (χ3n) is 4.70. The summed E-state index contributed by atoms with van der Waals surface area (Å²) in [6.45, 7) is 6.08. The minimum Gasteiger partial charge on any atom is -0.497 e. The van der Waals surface area contributed by atoms with E-state index in [1.165, 1.54) is 17.4 Å². The van der Waals surface area contributed by atoms with E-state index in [9.17, 15) is 4.79 Å². The Bertz CT molecular complexity index is 1380. The summed E-state index contributed by atoms with van der Waals surface area (Å²) < 4.78 is 18.3. The number of aromatic nitrogens is 5. The first-order valence-corrected chi connectivity index (χ1v) is 10.9. The van der Waals surface area contributed by atoms with Gasteiger partial charge in [0.15, 0.2) is 27.2 Å². The highest BCUT2D eigenvalue weighted by atomic mass is 32.1. The van der Waals surface area contributed by atoms with Gasteiger partial charge < -0.3 is 14.0 Å². The normalized spacial score (nSPS) is 10.8. The van der Waals surface area contributed by atoms with Crippen LogP contribution in [-0.2, 0) is 6.54 Å². The molecule has 3 aromatic heterocycles. The molecule has 0 aliphatic rings. The maximum atomic E-state index is 12.8. The lowest BCUT2D eigenvalue weighted by atomic mass is 10.1. The van der Waals surface area contributed by atoms with Crippen molar-refractivity contribution < 1.29 is 18.8 Å². The summed E-state index contributed by atoms with van der Waals surface area (Å²) in [4.78, 5) is 18.0. The van der Waals surface area contributed by atoms with Crippen molar-refractivity contribution in [3.63, 3.8) is 0 Å². The van der Waals surface area contributed by atoms with Crippen LogP contribution >= 0.6 is 23.6 Å². The van der Waals surface area contributed by atoms with Gasteiger partial charge >= 0.3 is 0 Å². The smallest absolute Gasteiger partial charge is 0.279 e. The number of allylic oxidation sites excluding steroid dienone is 1. The number of methoxy groups -OCH3 is 2. The van der Waals surface area contributed by atoms with Gasteiger partial charge in [-0.05, 0) is 37.3 Å². The van der Waals surface area contributed by atoms with Crippen LogP contribution in [0.2, 0.25) is 0 Å². The molecule has 33 heavy (non-hydrogen) atoms. The van der Waals surface area contributed by atoms with E-state index in [0.29, 0.717) is 50.8 Å². The van der Waals surface area contributed by atoms with Crippen molar-refractivity contribution in [3.8, 4) is 33.5 Å². The molecule has 0 saturated carbocycles. The second-order valence-corrected chi connectivity index (χ2v) is 8.17. The zero-order valence-electron chi connectivity index (χ0n) is 18.0. The van der Waals surface area contributed by atoms with Gasteiger partial charge in [0.2, 0.25) is 0 Å². The summed E-state index contributed by atoms with van der Waals surface area (Å²) >= 11 is 6.56. The largest absolute Gasteiger partial charge is 0.497 e. The first kappa shape index (κ1) is 22.4. The number of amides is 1. The van der Waals surface area contributed by atoms with Crippen molar-refractivity contribution in [2.75, 3.05) is 19.5 Å². The Hall–Kier alpha value is -3.77. The molecule has 0 fully saturated rings. The molecule has 0 unspecified atom stereocenters. The molecule has 1 aromatic carbocycles. The van der Waals surface area contributed by atoms with Gasteiger partial charge in [-0.25, -0.2) is 4.98 Å². The molecule has 0 radical (unpaired) electrons. The number of hydrogen-bond acceptors (Lipinski definition) is 9. The molecule has 4 rings (SSSR count). The van der Waals surface area contributed by atoms with Crippen molar-refractivity contribution in [2.24, 2.45) is 0 Å². The Kier molecular flexibility index (Phi) is 6.38. The first-order chi connectivity index (χ1) is 15.9. The number of anilines is 1. The highest BCUT2D eigenvalue weighted by Gasteiger charge is 2.21. The number of thiazole rings is 1. The molecule has 0 aliphatic heterocycles. The molecule has 4 aromatic rings. The van der Waals surface area contributed by atoms with Gasteiger partial charge in [-0.1, -0.05) is 22.6 Å². The van der Waals surface area contributed by atoms with Crippen molar-refractivity contribution in [1.82, 2.24) is 24.9 Å². The van der Waals surface area contributed by atoms with E-state index in [4.69, 9.17) is 26.2 Å². The topological polar surface area (TPSA) is 120 Å². The molecule has 170 valence electrons. The highest BCUT2D eigenvalue weighted by molar-refractivity contribution is 7.71. The van der Waals surface area contributed by atoms with Crippen LogP contribution in [0.1, 0.15) is 16.2 Å². The molecule has 1 amide bonds. The van der Waals surface area contributed by atoms with Crippen LogP contribution in [0.5, 0.6) is 11.5 Å². The monoisotopic (exact) mass is 484 g/mol. The summed E-state index contributed by atoms with van der Waals surface area (Å²) in [5.41, 5.74) is 1.41. The number of nitrogens with zero attached hydrogens (tertiary/aromatic N) is 4. The van der Waals surface area contributed by atoms with Crippen molar-refractivity contribution in [1.29, 1.82) is 0 Å². The summed E-state index contributed by atoms with van der Waals surface area (Å²) in [5.74, 6) is 1.72. The molecule has 0 spiro atoms. The number of aromatic amines is 1. The lowest BCUT2D eigenvalue weighted by molar-refractivity contribution is 0.101. The van der Waals surface area contributed by atoms with E-state index in [1.54, 1.807) is 43.1 Å². The van der Waals surface area contributed by atoms with Crippen molar-refractivity contribution in [3.05, 3.63) is 53.1 Å². The molecule has 10 nitrogen and oxygen atoms in total. The van der Waals surface area contributed by atoms with E-state index >= 15 is 0 Å². The maximum Gasteiger partial charge on any atom is 0.279 e. The van der Waals surface area contributed by atoms with Gasteiger partial charge in [-0.15, -0.1) is 6.58 Å². The Labute approximate surface area is 197 Å². The minimum atomic E-state index is -0.461. The Morgan fingerprint density at radius 3 is 2.91 bits per heavy atom. The lowest BCUT2D eigenvalue weighted by Crippen LogP contribution is -2.11. The highest BCUT2D eigenvalue weighted by Crippen LogP contribution is 2.35. The van der Waals surface area contributed by atoms with E-state index in [0.717, 1.165) is 4.88 Å². The first-order valence-electron chi connectivity index (χ1n) is 9.69. The van der Waals surface area contributed by atoms with Gasteiger partial charge in [0, 0.05) is 12.6 Å². The second-order valence-electron chi connectivity index (χ2n) is 6.78. The number of carbonyl (C=O) groups is 1. The average Bonchev–Trinajstić information content (AvgIpc) is 3.53. The fourth-order valence-electron chi connectivity index (χ4n) is 3.12. The molecule has 2 N–H and O–H groups in total. The quantitative estimate of drug-likeness (QED) is 0.277. The summed E-state index contributed by atoms with van der Waals surface area (Å²) in [6.07, 6.45) is 1.73. The van der Waals surface area contributed by atoms with Crippen LogP contribution in [0.4, 0.5) is 5.13 Å². The van der Waals surface area contributed by atoms with Crippen LogP contribution in [0.25, 0.3) is 22.0 Å². The molecule has 3 heterocycles. The molecular formula is C21H20N6O4S2. The molecule has 12 heteroatoms. The van der Waals surface area contributed by atoms with E-state index in [1.807, 2.05) is 6.92 Å². The van der Waals surface area contributed by atoms with E-state index < -0.39 is 5.91 Å². The number of H-pyrrole nitrogens is 1. The van der Waals surface area contributed by atoms with Crippen LogP contribution in [0.3, 0.4) is 0 Å². The van der Waals surface area contributed by atoms with Gasteiger partial charge in [0.25, 0.3) is 5.91 Å². The Morgan fingerprint density at radius 2 is 2.18 bits per heavy atom. The standard InChI is InChI=1S/C21H20N6O4S2/c1-5-8-27-18(24-25-21(27)32)17-11(2)22-20(33-17)23-19(28)14-10-16(31-26-14)13-9-12(29-3)6-7-15(13)30-4/h5-7,9-10H,1,8H2,2-4H3,(H,25,32)(H,22,23,28). The fourth-order valence-corrected chi connectivity index (χ4v) is 4.29. The number of hydrogen-bond donors (Lipinski definition) is 2. The van der Waals surface area contributed by atoms with E-state index in [-0.39, 0.29) is 5.69 Å². The zero-order chi connectivity index (χ0) is 23.5. The van der Waals surface area contributed by atoms with Crippen LogP contribution in [-0.4, -0.2) is 45.0 Å². The van der Waals surface area contributed by atoms with Gasteiger partial charge in [0.05, 0.1) is 30.4 Å². The number of ether oxygens (including phenoxy) is 2. The predicted molar refractivity (Wildman–Crippen MR) is 126 cm³/mol. The molecule has 0 aliphatic carbocycles. The summed E-state index contributed by atoms with van der Waals surface area (Å²) in [5, 5.41) is 14.1. The number of carbonyl (C=O) groups excluding carboxylic acids is 1. The number of aryl methyl sites for hydroxylation is 1. The fraction of sp³-hybridized carbons (Fsp3) is 0.190. The molecule has 0 bridgehead atoms. The maximum absolute atomic E-state index is 12.8.